The smallest absolute Gasteiger partial charge is 0.305 e. The molecule has 0 radical (unpaired) electrons. The number of allylic oxidation sites excluding steroid dienone is 3. The van der Waals surface area contributed by atoms with Gasteiger partial charge in [0.1, 0.15) is 6.10 Å². The van der Waals surface area contributed by atoms with Crippen molar-refractivity contribution in [3.05, 3.63) is 24.3 Å². The summed E-state index contributed by atoms with van der Waals surface area (Å²) in [7, 11) is -0.582. The summed E-state index contributed by atoms with van der Waals surface area (Å²) in [5, 5.41) is 10.8. The Labute approximate surface area is 201 Å². The van der Waals surface area contributed by atoms with Gasteiger partial charge in [-0.25, -0.2) is 0 Å². The Morgan fingerprint density at radius 3 is 2.58 bits per heavy atom. The summed E-state index contributed by atoms with van der Waals surface area (Å²) in [6.45, 7) is 11.3. The molecule has 33 heavy (non-hydrogen) atoms. The van der Waals surface area contributed by atoms with Crippen LogP contribution in [0.1, 0.15) is 65.7 Å². The summed E-state index contributed by atoms with van der Waals surface area (Å²) in [4.78, 5) is 23.6. The third kappa shape index (κ3) is 7.94. The number of ether oxygens (including phenoxy) is 1. The summed E-state index contributed by atoms with van der Waals surface area (Å²) < 4.78 is 11.4. The van der Waals surface area contributed by atoms with E-state index in [0.717, 1.165) is 0 Å². The molecule has 2 aliphatic carbocycles. The number of carbonyl (C=O) groups is 2. The number of hydrogen-bond donors (Lipinski definition) is 1. The van der Waals surface area contributed by atoms with Crippen LogP contribution in [-0.2, 0) is 18.8 Å². The second-order valence-corrected chi connectivity index (χ2v) is 15.6. The van der Waals surface area contributed by atoms with E-state index in [1.807, 2.05) is 12.2 Å². The first-order valence-electron chi connectivity index (χ1n) is 12.3. The lowest BCUT2D eigenvalue weighted by atomic mass is 9.88. The van der Waals surface area contributed by atoms with E-state index in [2.05, 4.69) is 56.5 Å². The summed E-state index contributed by atoms with van der Waals surface area (Å²) in [6.07, 6.45) is 12.8. The van der Waals surface area contributed by atoms with Crippen LogP contribution in [0.15, 0.2) is 24.3 Å². The largest absolute Gasteiger partial charge is 0.469 e. The van der Waals surface area contributed by atoms with Gasteiger partial charge in [-0.3, -0.25) is 9.59 Å². The number of unbranched alkanes of at least 4 members (excludes halogenated alkanes) is 1. The third-order valence-corrected chi connectivity index (χ3v) is 11.8. The summed E-state index contributed by atoms with van der Waals surface area (Å²) in [5.41, 5.74) is 0. The molecule has 4 atom stereocenters. The van der Waals surface area contributed by atoms with Crippen LogP contribution >= 0.6 is 0 Å². The maximum absolute atomic E-state index is 12.5. The van der Waals surface area contributed by atoms with Crippen LogP contribution in [0.2, 0.25) is 18.1 Å². The molecule has 5 nitrogen and oxygen atoms in total. The molecule has 1 fully saturated rings. The van der Waals surface area contributed by atoms with Gasteiger partial charge in [0, 0.05) is 18.8 Å². The molecule has 0 aromatic rings. The number of hydrogen-bond acceptors (Lipinski definition) is 5. The van der Waals surface area contributed by atoms with Gasteiger partial charge in [-0.2, -0.15) is 0 Å². The van der Waals surface area contributed by atoms with Crippen molar-refractivity contribution in [2.75, 3.05) is 7.11 Å². The fourth-order valence-corrected chi connectivity index (χ4v) is 5.50. The molecule has 1 saturated carbocycles. The van der Waals surface area contributed by atoms with Gasteiger partial charge in [0.2, 0.25) is 0 Å². The predicted molar refractivity (Wildman–Crippen MR) is 134 cm³/mol. The highest BCUT2D eigenvalue weighted by atomic mass is 28.4. The molecule has 0 bridgehead atoms. The molecule has 0 heterocycles. The molecular weight excluding hydrogens is 432 g/mol. The molecule has 0 spiro atoms. The average Bonchev–Trinajstić information content (AvgIpc) is 3.39. The first-order valence-corrected chi connectivity index (χ1v) is 15.2. The number of carbonyl (C=O) groups excluding carboxylic acids is 2. The van der Waals surface area contributed by atoms with E-state index >= 15 is 0 Å². The third-order valence-electron chi connectivity index (χ3n) is 7.35. The summed E-state index contributed by atoms with van der Waals surface area (Å²) >= 11 is 0. The normalized spacial score (nSPS) is 23.5. The Kier molecular flexibility index (Phi) is 10.1. The minimum absolute atomic E-state index is 0.0414. The van der Waals surface area contributed by atoms with Gasteiger partial charge in [0.05, 0.1) is 19.1 Å². The molecule has 0 saturated heterocycles. The lowest BCUT2D eigenvalue weighted by Crippen LogP contribution is -2.45. The zero-order chi connectivity index (χ0) is 24.6. The van der Waals surface area contributed by atoms with Crippen LogP contribution in [0.3, 0.4) is 0 Å². The van der Waals surface area contributed by atoms with Crippen LogP contribution < -0.4 is 0 Å². The molecule has 6 heteroatoms. The summed E-state index contributed by atoms with van der Waals surface area (Å²) in [6, 6.07) is 0. The van der Waals surface area contributed by atoms with Crippen LogP contribution in [0.25, 0.3) is 0 Å². The van der Waals surface area contributed by atoms with Crippen LogP contribution in [0, 0.1) is 29.6 Å². The van der Waals surface area contributed by atoms with Crippen molar-refractivity contribution in [3.63, 3.8) is 0 Å². The number of esters is 1. The highest BCUT2D eigenvalue weighted by molar-refractivity contribution is 6.74. The Morgan fingerprint density at radius 2 is 1.97 bits per heavy atom. The number of aliphatic hydroxyl groups excluding tert-OH is 1. The number of rotatable bonds is 9. The van der Waals surface area contributed by atoms with Crippen LogP contribution in [0.4, 0.5) is 0 Å². The maximum atomic E-state index is 12.5. The zero-order valence-corrected chi connectivity index (χ0v) is 22.2. The minimum Gasteiger partial charge on any atom is -0.469 e. The van der Waals surface area contributed by atoms with E-state index in [0.29, 0.717) is 25.2 Å². The fraction of sp³-hybridized carbons (Fsp3) is 0.704. The second-order valence-electron chi connectivity index (χ2n) is 10.8. The van der Waals surface area contributed by atoms with E-state index in [9.17, 15) is 14.7 Å². The van der Waals surface area contributed by atoms with Crippen molar-refractivity contribution in [3.8, 4) is 11.8 Å². The average molecular weight is 475 g/mol. The van der Waals surface area contributed by atoms with Crippen molar-refractivity contribution in [2.45, 2.75) is 96.1 Å². The van der Waals surface area contributed by atoms with Gasteiger partial charge in [-0.15, -0.1) is 5.92 Å². The number of ketones is 1. The predicted octanol–water partition coefficient (Wildman–Crippen LogP) is 5.20. The van der Waals surface area contributed by atoms with Gasteiger partial charge < -0.3 is 14.3 Å². The highest BCUT2D eigenvalue weighted by Crippen LogP contribution is 2.40. The molecule has 2 aliphatic rings. The molecule has 0 amide bonds. The van der Waals surface area contributed by atoms with Crippen LogP contribution in [0.5, 0.6) is 0 Å². The number of methoxy groups -OCH3 is 1. The van der Waals surface area contributed by atoms with E-state index in [1.165, 1.54) is 32.8 Å². The van der Waals surface area contributed by atoms with E-state index in [-0.39, 0.29) is 28.8 Å². The number of aliphatic hydroxyl groups is 1. The standard InChI is InChI=1S/C27H42O5Si/c1-27(2,3)33(5,6)32-24(20-12-10-11-13-20)19-17-21-16-18-23(29)26(21)22(28)14-8-7-9-15-25(30)31-4/h16-22,24,26,28H,7,9-13,15H2,1-6H3. The SMILES string of the molecule is COC(=O)CCCC#CC(O)C1C(=O)C=CC1C=CC(O[Si](C)(C)C(C)(C)C)C1CCCC1. The van der Waals surface area contributed by atoms with Gasteiger partial charge >= 0.3 is 5.97 Å². The van der Waals surface area contributed by atoms with E-state index < -0.39 is 20.3 Å². The van der Waals surface area contributed by atoms with E-state index in [4.69, 9.17) is 4.43 Å². The Morgan fingerprint density at radius 1 is 1.30 bits per heavy atom. The zero-order valence-electron chi connectivity index (χ0n) is 21.2. The Bertz CT molecular complexity index is 790. The molecule has 184 valence electrons. The molecule has 2 rings (SSSR count). The molecular formula is C27H42O5Si. The van der Waals surface area contributed by atoms with Crippen molar-refractivity contribution in [1.82, 2.24) is 0 Å². The lowest BCUT2D eigenvalue weighted by Gasteiger charge is -2.40. The first-order chi connectivity index (χ1) is 15.5. The highest BCUT2D eigenvalue weighted by Gasteiger charge is 2.41. The van der Waals surface area contributed by atoms with Gasteiger partial charge in [0.25, 0.3) is 0 Å². The van der Waals surface area contributed by atoms with Crippen molar-refractivity contribution in [2.24, 2.45) is 17.8 Å². The monoisotopic (exact) mass is 474 g/mol. The summed E-state index contributed by atoms with van der Waals surface area (Å²) in [5.74, 6) is 5.08. The van der Waals surface area contributed by atoms with Gasteiger partial charge in [-0.05, 0) is 49.4 Å². The minimum atomic E-state index is -1.94. The topological polar surface area (TPSA) is 72.8 Å². The first kappa shape index (κ1) is 27.6. The molecule has 0 aliphatic heterocycles. The molecule has 1 N–H and O–H groups in total. The van der Waals surface area contributed by atoms with Crippen molar-refractivity contribution >= 4 is 20.1 Å². The molecule has 0 aromatic heterocycles. The maximum Gasteiger partial charge on any atom is 0.305 e. The van der Waals surface area contributed by atoms with Crippen molar-refractivity contribution in [1.29, 1.82) is 0 Å². The Balaban J connectivity index is 2.08. The quantitative estimate of drug-likeness (QED) is 0.163. The molecule has 0 aromatic carbocycles. The van der Waals surface area contributed by atoms with E-state index in [1.54, 1.807) is 6.08 Å². The van der Waals surface area contributed by atoms with Gasteiger partial charge in [0.15, 0.2) is 14.1 Å². The fourth-order valence-electron chi connectivity index (χ4n) is 4.20. The Hall–Kier alpha value is -1.68. The lowest BCUT2D eigenvalue weighted by molar-refractivity contribution is -0.140. The van der Waals surface area contributed by atoms with Crippen molar-refractivity contribution < 1.29 is 23.9 Å². The second kappa shape index (κ2) is 12.1. The van der Waals surface area contributed by atoms with Gasteiger partial charge in [-0.1, -0.05) is 57.8 Å². The van der Waals surface area contributed by atoms with Crippen LogP contribution in [-0.4, -0.2) is 44.5 Å². The molecule has 4 unspecified atom stereocenters.